The first-order chi connectivity index (χ1) is 15.2. The Balaban J connectivity index is 1.45. The lowest BCUT2D eigenvalue weighted by Gasteiger charge is -2.34. The number of rotatable bonds is 7. The molecule has 1 saturated heterocycles. The van der Waals surface area contributed by atoms with Gasteiger partial charge in [0.2, 0.25) is 5.91 Å². The number of hydrogen-bond acceptors (Lipinski definition) is 3. The van der Waals surface area contributed by atoms with Crippen molar-refractivity contribution in [3.8, 4) is 0 Å². The minimum atomic E-state index is 0.101. The zero-order chi connectivity index (χ0) is 21.6. The van der Waals surface area contributed by atoms with E-state index in [2.05, 4.69) is 42.2 Å². The van der Waals surface area contributed by atoms with E-state index >= 15 is 0 Å². The molecule has 0 aliphatic carbocycles. The Bertz CT molecular complexity index is 1040. The Morgan fingerprint density at radius 2 is 1.71 bits per heavy atom. The highest BCUT2D eigenvalue weighted by Gasteiger charge is 2.21. The predicted octanol–water partition coefficient (Wildman–Crippen LogP) is 5.52. The number of amides is 1. The Labute approximate surface area is 185 Å². The number of carbonyl (C=O) groups is 1. The zero-order valence-corrected chi connectivity index (χ0v) is 18.6. The molecule has 4 heteroatoms. The smallest absolute Gasteiger partial charge is 0.246 e. The van der Waals surface area contributed by atoms with E-state index in [9.17, 15) is 4.79 Å². The van der Waals surface area contributed by atoms with Crippen molar-refractivity contribution in [3.05, 3.63) is 77.6 Å². The number of hydrogen-bond donors (Lipinski definition) is 0. The summed E-state index contributed by atoms with van der Waals surface area (Å²) in [6.45, 7) is 8.52. The van der Waals surface area contributed by atoms with Crippen LogP contribution in [0.2, 0.25) is 0 Å². The zero-order valence-electron chi connectivity index (χ0n) is 18.6. The van der Waals surface area contributed by atoms with E-state index < -0.39 is 0 Å². The summed E-state index contributed by atoms with van der Waals surface area (Å²) in [6.07, 6.45) is 4.90. The van der Waals surface area contributed by atoms with Gasteiger partial charge in [0.15, 0.2) is 0 Å². The molecule has 1 aliphatic rings. The SMILES string of the molecule is CCCCc1oc2ccccc2c1C(C)=CC(=O)N1CCN(Cc2ccccc2)CC1. The molecule has 1 fully saturated rings. The van der Waals surface area contributed by atoms with Crippen LogP contribution in [0.4, 0.5) is 0 Å². The second kappa shape index (κ2) is 9.97. The molecule has 31 heavy (non-hydrogen) atoms. The lowest BCUT2D eigenvalue weighted by molar-refractivity contribution is -0.127. The van der Waals surface area contributed by atoms with Crippen molar-refractivity contribution in [1.29, 1.82) is 0 Å². The summed E-state index contributed by atoms with van der Waals surface area (Å²) in [7, 11) is 0. The minimum Gasteiger partial charge on any atom is -0.460 e. The number of nitrogens with zero attached hydrogens (tertiary/aromatic N) is 2. The largest absolute Gasteiger partial charge is 0.460 e. The Morgan fingerprint density at radius 3 is 2.45 bits per heavy atom. The third-order valence-electron chi connectivity index (χ3n) is 6.09. The van der Waals surface area contributed by atoms with E-state index in [1.54, 1.807) is 6.08 Å². The van der Waals surface area contributed by atoms with Crippen LogP contribution in [0, 0.1) is 0 Å². The number of piperazine rings is 1. The lowest BCUT2D eigenvalue weighted by Crippen LogP contribution is -2.47. The highest BCUT2D eigenvalue weighted by molar-refractivity contribution is 6.00. The summed E-state index contributed by atoms with van der Waals surface area (Å²) >= 11 is 0. The molecule has 162 valence electrons. The summed E-state index contributed by atoms with van der Waals surface area (Å²) < 4.78 is 6.15. The van der Waals surface area contributed by atoms with E-state index in [0.29, 0.717) is 0 Å². The number of unbranched alkanes of at least 4 members (excludes halogenated alkanes) is 1. The first kappa shape index (κ1) is 21.4. The molecule has 0 radical (unpaired) electrons. The van der Waals surface area contributed by atoms with Gasteiger partial charge in [-0.05, 0) is 30.5 Å². The number of furan rings is 1. The van der Waals surface area contributed by atoms with Gasteiger partial charge in [-0.25, -0.2) is 0 Å². The third kappa shape index (κ3) is 5.08. The second-order valence-corrected chi connectivity index (χ2v) is 8.41. The Kier molecular flexibility index (Phi) is 6.88. The van der Waals surface area contributed by atoms with Crippen LogP contribution in [0.5, 0.6) is 0 Å². The van der Waals surface area contributed by atoms with Crippen LogP contribution in [-0.4, -0.2) is 41.9 Å². The lowest BCUT2D eigenvalue weighted by atomic mass is 10.00. The number of fused-ring (bicyclic) bond motifs is 1. The van der Waals surface area contributed by atoms with Gasteiger partial charge in [-0.3, -0.25) is 9.69 Å². The summed E-state index contributed by atoms with van der Waals surface area (Å²) in [5.74, 6) is 1.10. The van der Waals surface area contributed by atoms with E-state index in [4.69, 9.17) is 4.42 Å². The molecular formula is C27H32N2O2. The molecule has 1 aliphatic heterocycles. The molecule has 0 N–H and O–H groups in total. The normalized spacial score (nSPS) is 15.5. The quantitative estimate of drug-likeness (QED) is 0.476. The number of para-hydroxylation sites is 1. The summed E-state index contributed by atoms with van der Waals surface area (Å²) in [4.78, 5) is 17.4. The van der Waals surface area contributed by atoms with Gasteiger partial charge < -0.3 is 9.32 Å². The maximum absolute atomic E-state index is 13.0. The van der Waals surface area contributed by atoms with Crippen molar-refractivity contribution in [3.63, 3.8) is 0 Å². The van der Waals surface area contributed by atoms with Gasteiger partial charge >= 0.3 is 0 Å². The molecule has 0 spiro atoms. The molecule has 4 nitrogen and oxygen atoms in total. The molecule has 2 heterocycles. The summed E-state index contributed by atoms with van der Waals surface area (Å²) in [6, 6.07) is 18.7. The predicted molar refractivity (Wildman–Crippen MR) is 127 cm³/mol. The topological polar surface area (TPSA) is 36.7 Å². The summed E-state index contributed by atoms with van der Waals surface area (Å²) in [5.41, 5.74) is 4.32. The second-order valence-electron chi connectivity index (χ2n) is 8.41. The fourth-order valence-electron chi connectivity index (χ4n) is 4.36. The molecule has 4 rings (SSSR count). The van der Waals surface area contributed by atoms with Gasteiger partial charge in [0.25, 0.3) is 0 Å². The van der Waals surface area contributed by atoms with Crippen LogP contribution in [0.1, 0.15) is 43.6 Å². The maximum atomic E-state index is 13.0. The van der Waals surface area contributed by atoms with Crippen LogP contribution >= 0.6 is 0 Å². The molecule has 0 atom stereocenters. The summed E-state index contributed by atoms with van der Waals surface area (Å²) in [5, 5.41) is 1.10. The van der Waals surface area contributed by atoms with E-state index in [1.165, 1.54) is 5.56 Å². The maximum Gasteiger partial charge on any atom is 0.246 e. The molecule has 1 amide bonds. The van der Waals surface area contributed by atoms with Crippen LogP contribution < -0.4 is 0 Å². The highest BCUT2D eigenvalue weighted by Crippen LogP contribution is 2.32. The number of aryl methyl sites for hydroxylation is 1. The molecular weight excluding hydrogens is 384 g/mol. The van der Waals surface area contributed by atoms with Crippen molar-refractivity contribution in [2.45, 2.75) is 39.7 Å². The van der Waals surface area contributed by atoms with Gasteiger partial charge in [-0.1, -0.05) is 61.9 Å². The van der Waals surface area contributed by atoms with Crippen molar-refractivity contribution in [2.24, 2.45) is 0 Å². The van der Waals surface area contributed by atoms with Crippen molar-refractivity contribution < 1.29 is 9.21 Å². The van der Waals surface area contributed by atoms with Crippen LogP contribution in [0.25, 0.3) is 16.5 Å². The van der Waals surface area contributed by atoms with E-state index in [1.807, 2.05) is 36.1 Å². The van der Waals surface area contributed by atoms with Crippen LogP contribution in [-0.2, 0) is 17.8 Å². The number of benzene rings is 2. The Hall–Kier alpha value is -2.85. The molecule has 0 saturated carbocycles. The average Bonchev–Trinajstić information content (AvgIpc) is 3.17. The average molecular weight is 417 g/mol. The van der Waals surface area contributed by atoms with Crippen molar-refractivity contribution >= 4 is 22.4 Å². The fourth-order valence-corrected chi connectivity index (χ4v) is 4.36. The van der Waals surface area contributed by atoms with Gasteiger partial charge in [0.1, 0.15) is 11.3 Å². The molecule has 0 unspecified atom stereocenters. The first-order valence-corrected chi connectivity index (χ1v) is 11.4. The first-order valence-electron chi connectivity index (χ1n) is 11.4. The van der Waals surface area contributed by atoms with Crippen molar-refractivity contribution in [1.82, 2.24) is 9.80 Å². The van der Waals surface area contributed by atoms with E-state index in [0.717, 1.165) is 79.9 Å². The highest BCUT2D eigenvalue weighted by atomic mass is 16.3. The van der Waals surface area contributed by atoms with Crippen LogP contribution in [0.3, 0.4) is 0 Å². The molecule has 2 aromatic carbocycles. The molecule has 3 aromatic rings. The van der Waals surface area contributed by atoms with Gasteiger partial charge in [-0.2, -0.15) is 0 Å². The van der Waals surface area contributed by atoms with Crippen molar-refractivity contribution in [2.75, 3.05) is 26.2 Å². The van der Waals surface area contributed by atoms with E-state index in [-0.39, 0.29) is 5.91 Å². The number of carbonyl (C=O) groups excluding carboxylic acids is 1. The number of allylic oxidation sites excluding steroid dienone is 1. The Morgan fingerprint density at radius 1 is 1.00 bits per heavy atom. The third-order valence-corrected chi connectivity index (χ3v) is 6.09. The van der Waals surface area contributed by atoms with Gasteiger partial charge in [-0.15, -0.1) is 0 Å². The van der Waals surface area contributed by atoms with Gasteiger partial charge in [0, 0.05) is 56.2 Å². The fraction of sp³-hybridized carbons (Fsp3) is 0.370. The monoisotopic (exact) mass is 416 g/mol. The molecule has 1 aromatic heterocycles. The molecule has 0 bridgehead atoms. The van der Waals surface area contributed by atoms with Gasteiger partial charge in [0.05, 0.1) is 0 Å². The standard InChI is InChI=1S/C27H32N2O2/c1-3-4-13-25-27(23-12-8-9-14-24(23)31-25)21(2)19-26(30)29-17-15-28(16-18-29)20-22-10-6-5-7-11-22/h5-12,14,19H,3-4,13,15-18,20H2,1-2H3. The minimum absolute atomic E-state index is 0.101. The van der Waals surface area contributed by atoms with Crippen LogP contribution in [0.15, 0.2) is 65.1 Å².